The second kappa shape index (κ2) is 5.58. The molecule has 3 heteroatoms. The lowest BCUT2D eigenvalue weighted by molar-refractivity contribution is 0.306. The lowest BCUT2D eigenvalue weighted by atomic mass is 10.0. The summed E-state index contributed by atoms with van der Waals surface area (Å²) in [5, 5.41) is 0.984. The van der Waals surface area contributed by atoms with Gasteiger partial charge in [-0.1, -0.05) is 12.1 Å². The fourth-order valence-electron chi connectivity index (χ4n) is 3.28. The van der Waals surface area contributed by atoms with Crippen molar-refractivity contribution in [2.24, 2.45) is 0 Å². The number of hydrogen-bond donors (Lipinski definition) is 0. The van der Waals surface area contributed by atoms with Crippen molar-refractivity contribution >= 4 is 11.0 Å². The van der Waals surface area contributed by atoms with Gasteiger partial charge >= 0.3 is 5.63 Å². The largest absolute Gasteiger partial charge is 0.489 e. The SMILES string of the molecule is Cc1cccc(OCc2cc(=O)oc3cc4c(cc23)CCC4)c1. The Balaban J connectivity index is 1.72. The van der Waals surface area contributed by atoms with Crippen molar-refractivity contribution in [3.63, 3.8) is 0 Å². The highest BCUT2D eigenvalue weighted by Gasteiger charge is 2.15. The zero-order chi connectivity index (χ0) is 15.8. The highest BCUT2D eigenvalue weighted by atomic mass is 16.5. The third-order valence-corrected chi connectivity index (χ3v) is 4.43. The van der Waals surface area contributed by atoms with E-state index in [0.29, 0.717) is 12.2 Å². The number of rotatable bonds is 3. The van der Waals surface area contributed by atoms with E-state index in [9.17, 15) is 4.79 Å². The van der Waals surface area contributed by atoms with Gasteiger partial charge in [-0.15, -0.1) is 0 Å². The van der Waals surface area contributed by atoms with Gasteiger partial charge in [0.1, 0.15) is 17.9 Å². The van der Waals surface area contributed by atoms with Crippen molar-refractivity contribution in [2.75, 3.05) is 0 Å². The van der Waals surface area contributed by atoms with Crippen molar-refractivity contribution in [2.45, 2.75) is 32.8 Å². The second-order valence-corrected chi connectivity index (χ2v) is 6.17. The smallest absolute Gasteiger partial charge is 0.336 e. The lowest BCUT2D eigenvalue weighted by Gasteiger charge is -2.10. The molecular weight excluding hydrogens is 288 g/mol. The summed E-state index contributed by atoms with van der Waals surface area (Å²) in [5.41, 5.74) is 5.05. The fraction of sp³-hybridized carbons (Fsp3) is 0.250. The topological polar surface area (TPSA) is 39.4 Å². The van der Waals surface area contributed by atoms with E-state index < -0.39 is 0 Å². The summed E-state index contributed by atoms with van der Waals surface area (Å²) in [6.45, 7) is 2.40. The maximum Gasteiger partial charge on any atom is 0.336 e. The Kier molecular flexibility index (Phi) is 3.41. The maximum atomic E-state index is 11.8. The molecule has 0 atom stereocenters. The molecule has 0 spiro atoms. The molecule has 0 N–H and O–H groups in total. The molecule has 0 aliphatic heterocycles. The number of fused-ring (bicyclic) bond motifs is 2. The Morgan fingerprint density at radius 3 is 2.74 bits per heavy atom. The van der Waals surface area contributed by atoms with Crippen molar-refractivity contribution < 1.29 is 9.15 Å². The van der Waals surface area contributed by atoms with Gasteiger partial charge in [-0.3, -0.25) is 0 Å². The van der Waals surface area contributed by atoms with E-state index in [1.165, 1.54) is 17.5 Å². The highest BCUT2D eigenvalue weighted by Crippen LogP contribution is 2.29. The van der Waals surface area contributed by atoms with Crippen molar-refractivity contribution in [1.82, 2.24) is 0 Å². The monoisotopic (exact) mass is 306 g/mol. The molecule has 4 rings (SSSR count). The van der Waals surface area contributed by atoms with Gasteiger partial charge in [0.05, 0.1) is 0 Å². The van der Waals surface area contributed by atoms with Crippen LogP contribution in [0.3, 0.4) is 0 Å². The van der Waals surface area contributed by atoms with E-state index in [2.05, 4.69) is 6.07 Å². The molecule has 116 valence electrons. The minimum atomic E-state index is -0.321. The quantitative estimate of drug-likeness (QED) is 0.682. The van der Waals surface area contributed by atoms with Crippen LogP contribution in [0.4, 0.5) is 0 Å². The minimum Gasteiger partial charge on any atom is -0.489 e. The molecule has 2 aromatic carbocycles. The van der Waals surface area contributed by atoms with Crippen LogP contribution in [0.1, 0.15) is 28.7 Å². The predicted molar refractivity (Wildman–Crippen MR) is 90.0 cm³/mol. The molecule has 1 aliphatic rings. The summed E-state index contributed by atoms with van der Waals surface area (Å²) in [4.78, 5) is 11.8. The first-order valence-electron chi connectivity index (χ1n) is 7.97. The van der Waals surface area contributed by atoms with Gasteiger partial charge in [-0.25, -0.2) is 4.79 Å². The van der Waals surface area contributed by atoms with Crippen LogP contribution in [0.5, 0.6) is 5.75 Å². The summed E-state index contributed by atoms with van der Waals surface area (Å²) in [6.07, 6.45) is 3.34. The summed E-state index contributed by atoms with van der Waals surface area (Å²) in [5.74, 6) is 0.813. The normalized spacial score (nSPS) is 13.3. The molecule has 0 saturated heterocycles. The standard InChI is InChI=1S/C20H18O3/c1-13-4-2-7-17(8-13)22-12-16-11-20(21)23-19-10-15-6-3-5-14(15)9-18(16)19/h2,4,7-11H,3,5-6,12H2,1H3. The number of hydrogen-bond acceptors (Lipinski definition) is 3. The maximum absolute atomic E-state index is 11.8. The van der Waals surface area contributed by atoms with Gasteiger partial charge in [0.25, 0.3) is 0 Å². The third-order valence-electron chi connectivity index (χ3n) is 4.43. The van der Waals surface area contributed by atoms with Gasteiger partial charge < -0.3 is 9.15 Å². The van der Waals surface area contributed by atoms with Crippen molar-refractivity contribution in [1.29, 1.82) is 0 Å². The van der Waals surface area contributed by atoms with E-state index in [-0.39, 0.29) is 5.63 Å². The first-order chi connectivity index (χ1) is 11.2. The van der Waals surface area contributed by atoms with Crippen molar-refractivity contribution in [3.05, 3.63) is 75.1 Å². The van der Waals surface area contributed by atoms with E-state index >= 15 is 0 Å². The Bertz CT molecular complexity index is 937. The number of ether oxygens (including phenoxy) is 1. The number of benzene rings is 2. The molecule has 0 fully saturated rings. The summed E-state index contributed by atoms with van der Waals surface area (Å²) >= 11 is 0. The van der Waals surface area contributed by atoms with E-state index in [1.807, 2.05) is 37.3 Å². The molecule has 3 nitrogen and oxygen atoms in total. The van der Waals surface area contributed by atoms with Crippen LogP contribution >= 0.6 is 0 Å². The van der Waals surface area contributed by atoms with Gasteiger partial charge in [-0.05, 0) is 67.1 Å². The van der Waals surface area contributed by atoms with E-state index in [0.717, 1.165) is 35.1 Å². The zero-order valence-corrected chi connectivity index (χ0v) is 13.1. The molecule has 1 aromatic heterocycles. The minimum absolute atomic E-state index is 0.321. The van der Waals surface area contributed by atoms with Crippen LogP contribution in [-0.4, -0.2) is 0 Å². The molecule has 1 aliphatic carbocycles. The summed E-state index contributed by atoms with van der Waals surface area (Å²) < 4.78 is 11.3. The molecule has 1 heterocycles. The third kappa shape index (κ3) is 2.74. The Labute approximate surface area is 134 Å². The summed E-state index contributed by atoms with van der Waals surface area (Å²) in [6, 6.07) is 13.6. The van der Waals surface area contributed by atoms with E-state index in [1.54, 1.807) is 6.07 Å². The average molecular weight is 306 g/mol. The fourth-order valence-corrected chi connectivity index (χ4v) is 3.28. The molecule has 0 radical (unpaired) electrons. The first kappa shape index (κ1) is 14.1. The van der Waals surface area contributed by atoms with Crippen LogP contribution in [-0.2, 0) is 19.4 Å². The molecule has 0 saturated carbocycles. The second-order valence-electron chi connectivity index (χ2n) is 6.17. The molecule has 23 heavy (non-hydrogen) atoms. The van der Waals surface area contributed by atoms with Gasteiger partial charge in [0.2, 0.25) is 0 Å². The zero-order valence-electron chi connectivity index (χ0n) is 13.1. The average Bonchev–Trinajstić information content (AvgIpc) is 2.98. The Morgan fingerprint density at radius 2 is 1.91 bits per heavy atom. The van der Waals surface area contributed by atoms with Crippen LogP contribution in [0.2, 0.25) is 0 Å². The van der Waals surface area contributed by atoms with Crippen LogP contribution in [0, 0.1) is 6.92 Å². The lowest BCUT2D eigenvalue weighted by Crippen LogP contribution is -2.04. The van der Waals surface area contributed by atoms with Crippen molar-refractivity contribution in [3.8, 4) is 5.75 Å². The summed E-state index contributed by atoms with van der Waals surface area (Å²) in [7, 11) is 0. The molecule has 0 unspecified atom stereocenters. The molecule has 0 amide bonds. The Morgan fingerprint density at radius 1 is 1.09 bits per heavy atom. The van der Waals surface area contributed by atoms with Crippen LogP contribution in [0.25, 0.3) is 11.0 Å². The molecule has 0 bridgehead atoms. The molecular formula is C20H18O3. The van der Waals surface area contributed by atoms with Crippen LogP contribution in [0.15, 0.2) is 51.7 Å². The first-order valence-corrected chi connectivity index (χ1v) is 7.97. The highest BCUT2D eigenvalue weighted by molar-refractivity contribution is 5.82. The van der Waals surface area contributed by atoms with E-state index in [4.69, 9.17) is 9.15 Å². The van der Waals surface area contributed by atoms with Gasteiger partial charge in [-0.2, -0.15) is 0 Å². The van der Waals surface area contributed by atoms with Crippen LogP contribution < -0.4 is 10.4 Å². The molecule has 3 aromatic rings. The Hall–Kier alpha value is -2.55. The van der Waals surface area contributed by atoms with Gasteiger partial charge in [0, 0.05) is 17.0 Å². The predicted octanol–water partition coefficient (Wildman–Crippen LogP) is 4.17. The number of aryl methyl sites for hydroxylation is 3. The van der Waals surface area contributed by atoms with Gasteiger partial charge in [0.15, 0.2) is 0 Å².